The third-order valence-corrected chi connectivity index (χ3v) is 2.94. The van der Waals surface area contributed by atoms with Gasteiger partial charge in [-0.25, -0.2) is 0 Å². The molecule has 1 amide bonds. The summed E-state index contributed by atoms with van der Waals surface area (Å²) >= 11 is 0. The number of rotatable bonds is 4. The maximum Gasteiger partial charge on any atom is 0.327 e. The predicted octanol–water partition coefficient (Wildman–Crippen LogP) is 0.562. The van der Waals surface area contributed by atoms with E-state index in [4.69, 9.17) is 4.74 Å². The van der Waals surface area contributed by atoms with Gasteiger partial charge in [-0.15, -0.1) is 0 Å². The number of carbonyl (C=O) groups is 2. The zero-order valence-corrected chi connectivity index (χ0v) is 11.0. The summed E-state index contributed by atoms with van der Waals surface area (Å²) in [5.74, 6) is -0.573. The minimum atomic E-state index is -0.404. The predicted molar refractivity (Wildman–Crippen MR) is 66.4 cm³/mol. The number of hydrogen-bond acceptors (Lipinski definition) is 5. The SMILES string of the molecule is COC(=O)Cn1cc(NC(=O)C2CCC(C)O2)cn1. The summed E-state index contributed by atoms with van der Waals surface area (Å²) in [5, 5.41) is 6.68. The molecule has 1 saturated heterocycles. The number of nitrogens with one attached hydrogen (secondary N) is 1. The molecule has 0 spiro atoms. The van der Waals surface area contributed by atoms with Crippen LogP contribution in [0, 0.1) is 0 Å². The molecule has 2 heterocycles. The monoisotopic (exact) mass is 267 g/mol. The van der Waals surface area contributed by atoms with Crippen molar-refractivity contribution in [3.05, 3.63) is 12.4 Å². The highest BCUT2D eigenvalue weighted by Crippen LogP contribution is 2.20. The van der Waals surface area contributed by atoms with Gasteiger partial charge in [0.25, 0.3) is 5.91 Å². The van der Waals surface area contributed by atoms with Crippen molar-refractivity contribution in [2.45, 2.75) is 38.5 Å². The van der Waals surface area contributed by atoms with Gasteiger partial charge in [0.05, 0.1) is 25.1 Å². The van der Waals surface area contributed by atoms with E-state index in [-0.39, 0.29) is 18.6 Å². The first-order valence-electron chi connectivity index (χ1n) is 6.14. The second-order valence-corrected chi connectivity index (χ2v) is 4.50. The zero-order valence-electron chi connectivity index (χ0n) is 11.0. The van der Waals surface area contributed by atoms with Crippen LogP contribution < -0.4 is 5.32 Å². The molecule has 1 N–H and O–H groups in total. The molecule has 1 aliphatic heterocycles. The summed E-state index contributed by atoms with van der Waals surface area (Å²) in [5.41, 5.74) is 0.539. The highest BCUT2D eigenvalue weighted by Gasteiger charge is 2.28. The van der Waals surface area contributed by atoms with E-state index >= 15 is 0 Å². The maximum absolute atomic E-state index is 11.9. The Morgan fingerprint density at radius 2 is 2.37 bits per heavy atom. The number of aromatic nitrogens is 2. The molecule has 0 radical (unpaired) electrons. The van der Waals surface area contributed by atoms with Gasteiger partial charge in [0.1, 0.15) is 12.6 Å². The number of amides is 1. The molecule has 1 aromatic heterocycles. The lowest BCUT2D eigenvalue weighted by Gasteiger charge is -2.10. The minimum Gasteiger partial charge on any atom is -0.468 e. The van der Waals surface area contributed by atoms with E-state index < -0.39 is 12.1 Å². The fourth-order valence-electron chi connectivity index (χ4n) is 1.93. The van der Waals surface area contributed by atoms with Gasteiger partial charge in [0, 0.05) is 6.20 Å². The van der Waals surface area contributed by atoms with Gasteiger partial charge in [0.2, 0.25) is 0 Å². The summed E-state index contributed by atoms with van der Waals surface area (Å²) < 4.78 is 11.4. The molecule has 1 fully saturated rings. The van der Waals surface area contributed by atoms with E-state index in [1.807, 2.05) is 6.92 Å². The number of nitrogens with zero attached hydrogens (tertiary/aromatic N) is 2. The third-order valence-electron chi connectivity index (χ3n) is 2.94. The number of esters is 1. The maximum atomic E-state index is 11.9. The van der Waals surface area contributed by atoms with Crippen LogP contribution in [-0.2, 0) is 25.6 Å². The Labute approximate surface area is 110 Å². The number of carbonyl (C=O) groups excluding carboxylic acids is 2. The first kappa shape index (κ1) is 13.5. The first-order chi connectivity index (χ1) is 9.08. The Morgan fingerprint density at radius 3 is 3.00 bits per heavy atom. The highest BCUT2D eigenvalue weighted by molar-refractivity contribution is 5.94. The lowest BCUT2D eigenvalue weighted by Crippen LogP contribution is -2.27. The van der Waals surface area contributed by atoms with Gasteiger partial charge in [-0.05, 0) is 19.8 Å². The molecule has 0 aromatic carbocycles. The normalized spacial score (nSPS) is 22.2. The minimum absolute atomic E-state index is 0.0172. The van der Waals surface area contributed by atoms with Crippen molar-refractivity contribution in [1.82, 2.24) is 9.78 Å². The van der Waals surface area contributed by atoms with Crippen molar-refractivity contribution < 1.29 is 19.1 Å². The van der Waals surface area contributed by atoms with E-state index in [0.717, 1.165) is 12.8 Å². The van der Waals surface area contributed by atoms with Gasteiger partial charge < -0.3 is 14.8 Å². The molecule has 1 aliphatic rings. The lowest BCUT2D eigenvalue weighted by atomic mass is 10.2. The van der Waals surface area contributed by atoms with Crippen LogP contribution in [0.3, 0.4) is 0 Å². The van der Waals surface area contributed by atoms with E-state index in [9.17, 15) is 9.59 Å². The molecule has 104 valence electrons. The van der Waals surface area contributed by atoms with Gasteiger partial charge in [-0.1, -0.05) is 0 Å². The summed E-state index contributed by atoms with van der Waals surface area (Å²) in [6, 6.07) is 0. The van der Waals surface area contributed by atoms with Gasteiger partial charge in [-0.2, -0.15) is 5.10 Å². The Bertz CT molecular complexity index is 471. The largest absolute Gasteiger partial charge is 0.468 e. The quantitative estimate of drug-likeness (QED) is 0.806. The molecule has 0 aliphatic carbocycles. The van der Waals surface area contributed by atoms with Crippen LogP contribution in [0.1, 0.15) is 19.8 Å². The molecular weight excluding hydrogens is 250 g/mol. The smallest absolute Gasteiger partial charge is 0.327 e. The number of methoxy groups -OCH3 is 1. The van der Waals surface area contributed by atoms with Crippen molar-refractivity contribution in [3.8, 4) is 0 Å². The van der Waals surface area contributed by atoms with E-state index in [1.165, 1.54) is 18.0 Å². The molecular formula is C12H17N3O4. The highest BCUT2D eigenvalue weighted by atomic mass is 16.5. The average Bonchev–Trinajstić information content (AvgIpc) is 2.98. The molecule has 7 heteroatoms. The third kappa shape index (κ3) is 3.54. The number of anilines is 1. The van der Waals surface area contributed by atoms with Crippen LogP contribution in [-0.4, -0.2) is 41.0 Å². The van der Waals surface area contributed by atoms with Gasteiger partial charge >= 0.3 is 5.97 Å². The van der Waals surface area contributed by atoms with Crippen molar-refractivity contribution in [2.75, 3.05) is 12.4 Å². The van der Waals surface area contributed by atoms with E-state index in [1.54, 1.807) is 6.20 Å². The second-order valence-electron chi connectivity index (χ2n) is 4.50. The van der Waals surface area contributed by atoms with E-state index in [0.29, 0.717) is 5.69 Å². The number of ether oxygens (including phenoxy) is 2. The zero-order chi connectivity index (χ0) is 13.8. The average molecular weight is 267 g/mol. The van der Waals surface area contributed by atoms with Gasteiger partial charge in [0.15, 0.2) is 0 Å². The summed E-state index contributed by atoms with van der Waals surface area (Å²) in [4.78, 5) is 23.0. The Balaban J connectivity index is 1.89. The van der Waals surface area contributed by atoms with Crippen LogP contribution in [0.5, 0.6) is 0 Å². The molecule has 2 unspecified atom stereocenters. The molecule has 1 aromatic rings. The fourth-order valence-corrected chi connectivity index (χ4v) is 1.93. The lowest BCUT2D eigenvalue weighted by molar-refractivity contribution is -0.141. The van der Waals surface area contributed by atoms with Crippen LogP contribution >= 0.6 is 0 Å². The topological polar surface area (TPSA) is 82.5 Å². The van der Waals surface area contributed by atoms with E-state index in [2.05, 4.69) is 15.2 Å². The molecule has 19 heavy (non-hydrogen) atoms. The van der Waals surface area contributed by atoms with Crippen molar-refractivity contribution in [3.63, 3.8) is 0 Å². The van der Waals surface area contributed by atoms with Crippen molar-refractivity contribution in [2.24, 2.45) is 0 Å². The summed E-state index contributed by atoms with van der Waals surface area (Å²) in [7, 11) is 1.31. The first-order valence-corrected chi connectivity index (χ1v) is 6.14. The van der Waals surface area contributed by atoms with Crippen molar-refractivity contribution >= 4 is 17.6 Å². The van der Waals surface area contributed by atoms with Crippen molar-refractivity contribution in [1.29, 1.82) is 0 Å². The molecule has 0 saturated carbocycles. The second kappa shape index (κ2) is 5.83. The standard InChI is InChI=1S/C12H17N3O4/c1-8-3-4-10(19-8)12(17)14-9-5-13-15(6-9)7-11(16)18-2/h5-6,8,10H,3-4,7H2,1-2H3,(H,14,17). The van der Waals surface area contributed by atoms with Crippen LogP contribution in [0.4, 0.5) is 5.69 Å². The summed E-state index contributed by atoms with van der Waals surface area (Å²) in [6.45, 7) is 1.96. The Morgan fingerprint density at radius 1 is 1.58 bits per heavy atom. The Kier molecular flexibility index (Phi) is 4.16. The van der Waals surface area contributed by atoms with Crippen LogP contribution in [0.25, 0.3) is 0 Å². The van der Waals surface area contributed by atoms with Crippen LogP contribution in [0.2, 0.25) is 0 Å². The fraction of sp³-hybridized carbons (Fsp3) is 0.583. The molecule has 0 bridgehead atoms. The number of hydrogen-bond donors (Lipinski definition) is 1. The van der Waals surface area contributed by atoms with Crippen LogP contribution in [0.15, 0.2) is 12.4 Å². The van der Waals surface area contributed by atoms with Gasteiger partial charge in [-0.3, -0.25) is 14.3 Å². The molecule has 7 nitrogen and oxygen atoms in total. The molecule has 2 atom stereocenters. The molecule has 2 rings (SSSR count). The Hall–Kier alpha value is -1.89. The summed E-state index contributed by atoms with van der Waals surface area (Å²) in [6.07, 6.45) is 4.40.